The van der Waals surface area contributed by atoms with Crippen LogP contribution in [0.3, 0.4) is 0 Å². The van der Waals surface area contributed by atoms with Crippen LogP contribution in [0.5, 0.6) is 0 Å². The van der Waals surface area contributed by atoms with Crippen molar-refractivity contribution in [1.82, 2.24) is 0 Å². The van der Waals surface area contributed by atoms with Gasteiger partial charge in [0.25, 0.3) is 6.71 Å². The highest BCUT2D eigenvalue weighted by Crippen LogP contribution is 2.55. The molecule has 0 atom stereocenters. The van der Waals surface area contributed by atoms with Gasteiger partial charge >= 0.3 is 0 Å². The van der Waals surface area contributed by atoms with Gasteiger partial charge in [-0.1, -0.05) is 130 Å². The van der Waals surface area contributed by atoms with Gasteiger partial charge in [-0.25, -0.2) is 0 Å². The average Bonchev–Trinajstić information content (AvgIpc) is 3.55. The number of aryl methyl sites for hydroxylation is 2. The van der Waals surface area contributed by atoms with Gasteiger partial charge in [-0.2, -0.15) is 0 Å². The maximum absolute atomic E-state index is 7.55. The van der Waals surface area contributed by atoms with E-state index in [2.05, 4.69) is 196 Å². The predicted molar refractivity (Wildman–Crippen MR) is 240 cm³/mol. The zero-order chi connectivity index (χ0) is 39.7. The molecule has 6 aromatic rings. The number of nitrogens with zero attached hydrogens (tertiary/aromatic N) is 2. The monoisotopic (exact) mass is 736 g/mol. The van der Waals surface area contributed by atoms with Crippen LogP contribution >= 0.6 is 0 Å². The van der Waals surface area contributed by atoms with E-state index in [4.69, 9.17) is 4.42 Å². The smallest absolute Gasteiger partial charge is 0.297 e. The van der Waals surface area contributed by atoms with E-state index >= 15 is 0 Å². The van der Waals surface area contributed by atoms with Crippen molar-refractivity contribution < 1.29 is 4.42 Å². The van der Waals surface area contributed by atoms with Gasteiger partial charge in [-0.15, -0.1) is 0 Å². The maximum atomic E-state index is 7.55. The quantitative estimate of drug-likeness (QED) is 0.168. The molecule has 4 heteroatoms. The van der Waals surface area contributed by atoms with Crippen LogP contribution in [0.15, 0.2) is 108 Å². The number of rotatable bonds is 3. The zero-order valence-electron chi connectivity index (χ0n) is 35.6. The zero-order valence-corrected chi connectivity index (χ0v) is 35.6. The Hall–Kier alpha value is -4.96. The number of hydrogen-bond acceptors (Lipinski definition) is 3. The molecule has 0 N–H and O–H groups in total. The van der Waals surface area contributed by atoms with Gasteiger partial charge in [-0.05, 0) is 130 Å². The minimum Gasteiger partial charge on any atom is -0.472 e. The van der Waals surface area contributed by atoms with Crippen LogP contribution in [0.1, 0.15) is 116 Å². The molecule has 1 aliphatic carbocycles. The Morgan fingerprint density at radius 1 is 0.571 bits per heavy atom. The fourth-order valence-corrected chi connectivity index (χ4v) is 9.73. The van der Waals surface area contributed by atoms with Gasteiger partial charge in [-0.3, -0.25) is 0 Å². The van der Waals surface area contributed by atoms with Gasteiger partial charge in [0.05, 0.1) is 11.3 Å². The van der Waals surface area contributed by atoms with Crippen molar-refractivity contribution in [3.05, 3.63) is 137 Å². The minimum atomic E-state index is -0.0823. The van der Waals surface area contributed by atoms with Crippen molar-refractivity contribution in [1.29, 1.82) is 0 Å². The lowest BCUT2D eigenvalue weighted by molar-refractivity contribution is 0.282. The number of fused-ring (bicyclic) bond motifs is 6. The molecule has 0 bridgehead atoms. The molecule has 0 amide bonds. The molecule has 0 saturated heterocycles. The van der Waals surface area contributed by atoms with Crippen molar-refractivity contribution in [3.8, 4) is 11.1 Å². The van der Waals surface area contributed by atoms with Crippen molar-refractivity contribution in [2.24, 2.45) is 0 Å². The molecule has 5 aromatic carbocycles. The summed E-state index contributed by atoms with van der Waals surface area (Å²) >= 11 is 0. The lowest BCUT2D eigenvalue weighted by atomic mass is 9.35. The van der Waals surface area contributed by atoms with Crippen molar-refractivity contribution in [2.45, 2.75) is 118 Å². The molecule has 0 unspecified atom stereocenters. The topological polar surface area (TPSA) is 19.6 Å². The van der Waals surface area contributed by atoms with Gasteiger partial charge in [0, 0.05) is 39.4 Å². The van der Waals surface area contributed by atoms with E-state index in [1.807, 2.05) is 0 Å². The number of furan rings is 1. The summed E-state index contributed by atoms with van der Waals surface area (Å²) in [4.78, 5) is 5.13. The third kappa shape index (κ3) is 5.69. The highest BCUT2D eigenvalue weighted by atomic mass is 16.3. The number of anilines is 6. The summed E-state index contributed by atoms with van der Waals surface area (Å²) in [5, 5.41) is 0. The van der Waals surface area contributed by atoms with E-state index in [0.29, 0.717) is 0 Å². The number of benzene rings is 5. The summed E-state index contributed by atoms with van der Waals surface area (Å²) in [6, 6.07) is 39.3. The second kappa shape index (κ2) is 12.3. The summed E-state index contributed by atoms with van der Waals surface area (Å²) in [7, 11) is 0. The standard InChI is InChI=1S/C52H57BN2O/c1-32-26-35(34-16-14-13-15-17-34)30-39(27-32)54-41-23-20-37(50(6,7)8)31-40(41)53-45-42(54)28-33(2)29-43(45)55(38-21-18-36(19-22-38)49(3,4)5)46-44-47(56-48(46)53)52(11,12)25-24-51(44,9)10/h13-23,26-31H,24-25H2,1-12H3. The van der Waals surface area contributed by atoms with Gasteiger partial charge < -0.3 is 14.2 Å². The van der Waals surface area contributed by atoms with Crippen molar-refractivity contribution >= 4 is 57.4 Å². The Labute approximate surface area is 335 Å². The molecule has 0 saturated carbocycles. The fourth-order valence-electron chi connectivity index (χ4n) is 9.73. The van der Waals surface area contributed by atoms with Crippen LogP contribution in [0.2, 0.25) is 0 Å². The first-order valence-corrected chi connectivity index (χ1v) is 20.7. The van der Waals surface area contributed by atoms with E-state index in [0.717, 1.165) is 24.3 Å². The highest BCUT2D eigenvalue weighted by molar-refractivity contribution is 6.99. The van der Waals surface area contributed by atoms with Crippen molar-refractivity contribution in [3.63, 3.8) is 0 Å². The Kier molecular flexibility index (Phi) is 8.04. The molecule has 3 nitrogen and oxygen atoms in total. The average molecular weight is 737 g/mol. The third-order valence-electron chi connectivity index (χ3n) is 13.0. The summed E-state index contributed by atoms with van der Waals surface area (Å²) in [5.41, 5.74) is 19.9. The van der Waals surface area contributed by atoms with E-state index < -0.39 is 0 Å². The normalized spacial score (nSPS) is 16.6. The Bertz CT molecular complexity index is 2520. The summed E-state index contributed by atoms with van der Waals surface area (Å²) in [6.07, 6.45) is 2.21. The second-order valence-corrected chi connectivity index (χ2v) is 20.4. The maximum Gasteiger partial charge on any atom is 0.297 e. The number of hydrogen-bond donors (Lipinski definition) is 0. The van der Waals surface area contributed by atoms with Crippen LogP contribution in [-0.4, -0.2) is 6.71 Å². The second-order valence-electron chi connectivity index (χ2n) is 20.4. The molecule has 9 rings (SSSR count). The summed E-state index contributed by atoms with van der Waals surface area (Å²) in [6.45, 7) is 28.0. The van der Waals surface area contributed by atoms with Gasteiger partial charge in [0.2, 0.25) is 0 Å². The van der Waals surface area contributed by atoms with Crippen LogP contribution < -0.4 is 26.4 Å². The molecule has 1 aromatic heterocycles. The largest absolute Gasteiger partial charge is 0.472 e. The Morgan fingerprint density at radius 2 is 1.18 bits per heavy atom. The fraction of sp³-hybridized carbons (Fsp3) is 0.346. The predicted octanol–water partition coefficient (Wildman–Crippen LogP) is 12.6. The van der Waals surface area contributed by atoms with Crippen molar-refractivity contribution in [2.75, 3.05) is 9.80 Å². The first kappa shape index (κ1) is 36.7. The van der Waals surface area contributed by atoms with Crippen LogP contribution in [0.25, 0.3) is 11.1 Å². The van der Waals surface area contributed by atoms with Gasteiger partial charge in [0.15, 0.2) is 0 Å². The molecule has 0 fully saturated rings. The lowest BCUT2D eigenvalue weighted by Gasteiger charge is -2.44. The van der Waals surface area contributed by atoms with Crippen LogP contribution in [0, 0.1) is 13.8 Å². The SMILES string of the molecule is Cc1cc(-c2ccccc2)cc(N2c3ccc(C(C)(C)C)cc3B3c4oc5c(c4N(c4ccc(C(C)(C)C)cc4)c4cc(C)cc2c43)C(C)(C)CCC5(C)C)c1. The van der Waals surface area contributed by atoms with Crippen LogP contribution in [0.4, 0.5) is 34.1 Å². The van der Waals surface area contributed by atoms with E-state index in [9.17, 15) is 0 Å². The van der Waals surface area contributed by atoms with E-state index in [1.54, 1.807) is 0 Å². The third-order valence-corrected chi connectivity index (χ3v) is 13.0. The molecule has 2 aliphatic heterocycles. The Morgan fingerprint density at radius 3 is 1.84 bits per heavy atom. The molecular weight excluding hydrogens is 679 g/mol. The van der Waals surface area contributed by atoms with Gasteiger partial charge in [0.1, 0.15) is 5.76 Å². The molecule has 0 radical (unpaired) electrons. The molecule has 0 spiro atoms. The molecule has 56 heavy (non-hydrogen) atoms. The first-order valence-electron chi connectivity index (χ1n) is 20.7. The lowest BCUT2D eigenvalue weighted by Crippen LogP contribution is -2.61. The minimum absolute atomic E-state index is 0.0230. The molecule has 3 aliphatic rings. The van der Waals surface area contributed by atoms with Crippen LogP contribution in [-0.2, 0) is 21.7 Å². The summed E-state index contributed by atoms with van der Waals surface area (Å²) in [5.74, 6) is 1.16. The van der Waals surface area contributed by atoms with E-state index in [-0.39, 0.29) is 28.4 Å². The molecule has 284 valence electrons. The Balaban J connectivity index is 1.40. The molecular formula is C52H57BN2O. The van der Waals surface area contributed by atoms with E-state index in [1.165, 1.54) is 84.0 Å². The molecule has 3 heterocycles. The first-order chi connectivity index (χ1) is 26.3. The summed E-state index contributed by atoms with van der Waals surface area (Å²) < 4.78 is 7.55. The highest BCUT2D eigenvalue weighted by Gasteiger charge is 2.52.